The molecule has 0 aliphatic rings. The summed E-state index contributed by atoms with van der Waals surface area (Å²) in [7, 11) is 5.39. The largest absolute Gasteiger partial charge is 0.451 e. The Balaban J connectivity index is 1.67. The first kappa shape index (κ1) is 25.6. The van der Waals surface area contributed by atoms with Gasteiger partial charge in [0.1, 0.15) is 11.8 Å². The predicted molar refractivity (Wildman–Crippen MR) is 136 cm³/mol. The summed E-state index contributed by atoms with van der Waals surface area (Å²) in [5.74, 6) is -0.320. The molecule has 0 saturated heterocycles. The fourth-order valence-corrected chi connectivity index (χ4v) is 3.56. The van der Waals surface area contributed by atoms with Crippen LogP contribution in [-0.2, 0) is 11.3 Å². The number of rotatable bonds is 9. The van der Waals surface area contributed by atoms with E-state index in [1.807, 2.05) is 75.3 Å². The van der Waals surface area contributed by atoms with Gasteiger partial charge in [-0.3, -0.25) is 14.4 Å². The van der Waals surface area contributed by atoms with Crippen molar-refractivity contribution >= 4 is 23.4 Å². The second-order valence-corrected chi connectivity index (χ2v) is 8.80. The first-order valence-corrected chi connectivity index (χ1v) is 11.5. The van der Waals surface area contributed by atoms with E-state index in [9.17, 15) is 14.4 Å². The Hall–Kier alpha value is -4.07. The molecule has 1 aromatic heterocycles. The van der Waals surface area contributed by atoms with E-state index in [0.29, 0.717) is 17.9 Å². The molecule has 3 rings (SSSR count). The van der Waals surface area contributed by atoms with Crippen molar-refractivity contribution in [2.24, 2.45) is 5.92 Å². The number of likely N-dealkylation sites (N-methyl/N-ethyl adjacent to an activating group) is 1. The molecule has 0 fully saturated rings. The van der Waals surface area contributed by atoms with E-state index < -0.39 is 11.9 Å². The molecule has 0 aliphatic carbocycles. The molecule has 0 saturated carbocycles. The van der Waals surface area contributed by atoms with E-state index in [0.717, 1.165) is 16.8 Å². The van der Waals surface area contributed by atoms with Crippen LogP contribution in [0.4, 0.5) is 5.69 Å². The van der Waals surface area contributed by atoms with Crippen LogP contribution in [0.15, 0.2) is 65.1 Å². The third-order valence-electron chi connectivity index (χ3n) is 5.60. The Morgan fingerprint density at radius 2 is 1.69 bits per heavy atom. The van der Waals surface area contributed by atoms with Crippen molar-refractivity contribution in [1.82, 2.24) is 16.0 Å². The summed E-state index contributed by atoms with van der Waals surface area (Å²) in [5, 5.41) is 8.23. The molecule has 8 heteroatoms. The van der Waals surface area contributed by atoms with Crippen LogP contribution in [0, 0.1) is 5.92 Å². The predicted octanol–water partition coefficient (Wildman–Crippen LogP) is 3.44. The normalized spacial score (nSPS) is 11.6. The zero-order valence-corrected chi connectivity index (χ0v) is 20.7. The molecule has 0 radical (unpaired) electrons. The van der Waals surface area contributed by atoms with Gasteiger partial charge in [0.05, 0.1) is 0 Å². The topological polar surface area (TPSA) is 104 Å². The van der Waals surface area contributed by atoms with Crippen LogP contribution in [-0.4, -0.2) is 44.9 Å². The van der Waals surface area contributed by atoms with E-state index in [-0.39, 0.29) is 23.5 Å². The van der Waals surface area contributed by atoms with Crippen molar-refractivity contribution in [2.45, 2.75) is 26.4 Å². The average molecular weight is 477 g/mol. The Labute approximate surface area is 205 Å². The van der Waals surface area contributed by atoms with Gasteiger partial charge < -0.3 is 25.3 Å². The van der Waals surface area contributed by atoms with E-state index in [1.165, 1.54) is 7.05 Å². The van der Waals surface area contributed by atoms with Gasteiger partial charge in [0.15, 0.2) is 5.76 Å². The first-order chi connectivity index (χ1) is 16.7. The second-order valence-electron chi connectivity index (χ2n) is 8.80. The average Bonchev–Trinajstić information content (AvgIpc) is 3.36. The van der Waals surface area contributed by atoms with Crippen molar-refractivity contribution in [3.05, 3.63) is 77.6 Å². The van der Waals surface area contributed by atoms with E-state index >= 15 is 0 Å². The maximum absolute atomic E-state index is 12.6. The van der Waals surface area contributed by atoms with Gasteiger partial charge in [0.2, 0.25) is 5.91 Å². The molecule has 2 aromatic carbocycles. The summed E-state index contributed by atoms with van der Waals surface area (Å²) >= 11 is 0. The SMILES string of the molecule is CNC(=O)[C@@H](NC(=O)c1ccc(-c2cccc(CNC(=O)c3cccc(N(C)C)c3)c2)o1)C(C)C. The molecular formula is C27H32N4O4. The molecular weight excluding hydrogens is 444 g/mol. The van der Waals surface area contributed by atoms with Crippen LogP contribution >= 0.6 is 0 Å². The Bertz CT molecular complexity index is 1200. The quantitative estimate of drug-likeness (QED) is 0.439. The number of nitrogens with zero attached hydrogens (tertiary/aromatic N) is 1. The maximum atomic E-state index is 12.6. The van der Waals surface area contributed by atoms with Crippen LogP contribution in [0.2, 0.25) is 0 Å². The van der Waals surface area contributed by atoms with Crippen LogP contribution in [0.25, 0.3) is 11.3 Å². The molecule has 1 atom stereocenters. The van der Waals surface area contributed by atoms with Gasteiger partial charge in [-0.2, -0.15) is 0 Å². The number of amides is 3. The Morgan fingerprint density at radius 3 is 2.37 bits per heavy atom. The van der Waals surface area contributed by atoms with Crippen molar-refractivity contribution in [3.8, 4) is 11.3 Å². The molecule has 3 amide bonds. The lowest BCUT2D eigenvalue weighted by atomic mass is 10.0. The summed E-state index contributed by atoms with van der Waals surface area (Å²) in [6.07, 6.45) is 0. The Kier molecular flexibility index (Phi) is 8.30. The molecule has 184 valence electrons. The summed E-state index contributed by atoms with van der Waals surface area (Å²) < 4.78 is 5.78. The summed E-state index contributed by atoms with van der Waals surface area (Å²) in [5.41, 5.74) is 3.21. The summed E-state index contributed by atoms with van der Waals surface area (Å²) in [6.45, 7) is 4.06. The van der Waals surface area contributed by atoms with Gasteiger partial charge in [0, 0.05) is 44.5 Å². The highest BCUT2D eigenvalue weighted by Crippen LogP contribution is 2.23. The van der Waals surface area contributed by atoms with Crippen molar-refractivity contribution in [1.29, 1.82) is 0 Å². The van der Waals surface area contributed by atoms with Crippen LogP contribution < -0.4 is 20.9 Å². The molecule has 3 N–H and O–H groups in total. The Morgan fingerprint density at radius 1 is 0.943 bits per heavy atom. The molecule has 1 heterocycles. The molecule has 0 bridgehead atoms. The number of hydrogen-bond donors (Lipinski definition) is 3. The lowest BCUT2D eigenvalue weighted by molar-refractivity contribution is -0.123. The standard InChI is InChI=1S/C27H32N4O4/c1-17(2)24(27(34)28-3)30-26(33)23-13-12-22(35-23)19-9-6-8-18(14-19)16-29-25(32)20-10-7-11-21(15-20)31(4)5/h6-15,17,24H,16H2,1-5H3,(H,28,34)(H,29,32)(H,30,33)/t24-/m0/s1. The highest BCUT2D eigenvalue weighted by molar-refractivity contribution is 5.96. The van der Waals surface area contributed by atoms with E-state index in [4.69, 9.17) is 4.42 Å². The third-order valence-corrected chi connectivity index (χ3v) is 5.60. The van der Waals surface area contributed by atoms with Gasteiger partial charge in [-0.1, -0.05) is 38.1 Å². The zero-order valence-electron chi connectivity index (χ0n) is 20.7. The second kappa shape index (κ2) is 11.4. The minimum atomic E-state index is -0.661. The molecule has 8 nitrogen and oxygen atoms in total. The summed E-state index contributed by atoms with van der Waals surface area (Å²) in [4.78, 5) is 39.2. The zero-order chi connectivity index (χ0) is 25.5. The van der Waals surface area contributed by atoms with Crippen LogP contribution in [0.3, 0.4) is 0 Å². The highest BCUT2D eigenvalue weighted by atomic mass is 16.4. The fourth-order valence-electron chi connectivity index (χ4n) is 3.56. The minimum absolute atomic E-state index is 0.0782. The number of carbonyl (C=O) groups is 3. The highest BCUT2D eigenvalue weighted by Gasteiger charge is 2.25. The van der Waals surface area contributed by atoms with Gasteiger partial charge in [-0.05, 0) is 47.9 Å². The fraction of sp³-hybridized carbons (Fsp3) is 0.296. The maximum Gasteiger partial charge on any atom is 0.287 e. The lowest BCUT2D eigenvalue weighted by Crippen LogP contribution is -2.48. The van der Waals surface area contributed by atoms with Gasteiger partial charge in [-0.25, -0.2) is 0 Å². The monoisotopic (exact) mass is 476 g/mol. The van der Waals surface area contributed by atoms with Crippen molar-refractivity contribution in [2.75, 3.05) is 26.0 Å². The summed E-state index contributed by atoms with van der Waals surface area (Å²) in [6, 6.07) is 17.6. The van der Waals surface area contributed by atoms with Crippen LogP contribution in [0.1, 0.15) is 40.3 Å². The third kappa shape index (κ3) is 6.50. The number of nitrogens with one attached hydrogen (secondary N) is 3. The molecule has 0 aliphatic heterocycles. The number of hydrogen-bond acceptors (Lipinski definition) is 5. The number of furan rings is 1. The minimum Gasteiger partial charge on any atom is -0.451 e. The van der Waals surface area contributed by atoms with Crippen molar-refractivity contribution in [3.63, 3.8) is 0 Å². The number of carbonyl (C=O) groups excluding carboxylic acids is 3. The first-order valence-electron chi connectivity index (χ1n) is 11.5. The molecule has 3 aromatic rings. The van der Waals surface area contributed by atoms with Gasteiger partial charge in [-0.15, -0.1) is 0 Å². The number of benzene rings is 2. The van der Waals surface area contributed by atoms with E-state index in [2.05, 4.69) is 16.0 Å². The number of anilines is 1. The molecule has 0 spiro atoms. The molecule has 0 unspecified atom stereocenters. The van der Waals surface area contributed by atoms with Gasteiger partial charge >= 0.3 is 0 Å². The smallest absolute Gasteiger partial charge is 0.287 e. The van der Waals surface area contributed by atoms with Crippen molar-refractivity contribution < 1.29 is 18.8 Å². The lowest BCUT2D eigenvalue weighted by Gasteiger charge is -2.19. The van der Waals surface area contributed by atoms with Gasteiger partial charge in [0.25, 0.3) is 11.8 Å². The molecule has 35 heavy (non-hydrogen) atoms. The van der Waals surface area contributed by atoms with Crippen LogP contribution in [0.5, 0.6) is 0 Å². The van der Waals surface area contributed by atoms with E-state index in [1.54, 1.807) is 18.2 Å².